The molecule has 0 saturated heterocycles. The van der Waals surface area contributed by atoms with Crippen LogP contribution >= 0.6 is 0 Å². The van der Waals surface area contributed by atoms with Crippen molar-refractivity contribution in [3.63, 3.8) is 0 Å². The van der Waals surface area contributed by atoms with Crippen LogP contribution in [0.25, 0.3) is 10.9 Å². The number of hydrogen-bond acceptors (Lipinski definition) is 4. The lowest BCUT2D eigenvalue weighted by molar-refractivity contribution is -0.385. The molecule has 2 unspecified atom stereocenters. The molecule has 0 aliphatic rings. The van der Waals surface area contributed by atoms with Crippen LogP contribution in [0.1, 0.15) is 24.6 Å². The van der Waals surface area contributed by atoms with Crippen molar-refractivity contribution in [2.75, 3.05) is 12.0 Å². The Hall–Kier alpha value is -1.73. The number of aromatic amines is 1. The fraction of sp³-hybridized carbons (Fsp3) is 0.429. The van der Waals surface area contributed by atoms with E-state index in [-0.39, 0.29) is 5.69 Å². The van der Waals surface area contributed by atoms with Gasteiger partial charge in [0.15, 0.2) is 0 Å². The van der Waals surface area contributed by atoms with E-state index in [9.17, 15) is 19.4 Å². The minimum atomic E-state index is -1.15. The van der Waals surface area contributed by atoms with Crippen molar-refractivity contribution in [1.82, 2.24) is 4.98 Å². The number of nitrogens with zero attached hydrogens (tertiary/aromatic N) is 1. The van der Waals surface area contributed by atoms with Gasteiger partial charge in [-0.3, -0.25) is 14.3 Å². The number of fused-ring (bicyclic) bond motifs is 1. The zero-order chi connectivity index (χ0) is 15.8. The summed E-state index contributed by atoms with van der Waals surface area (Å²) in [6.45, 7) is 3.32. The SMILES string of the molecule is Cc1cc2[nH]c(C(C)(O)CCS(C)=O)cc2cc1[N+](=O)[O-]. The van der Waals surface area contributed by atoms with Gasteiger partial charge in [0, 0.05) is 51.0 Å². The topological polar surface area (TPSA) is 96.2 Å². The smallest absolute Gasteiger partial charge is 0.273 e. The minimum absolute atomic E-state index is 0.0577. The van der Waals surface area contributed by atoms with E-state index in [0.29, 0.717) is 28.8 Å². The van der Waals surface area contributed by atoms with Crippen molar-refractivity contribution in [2.45, 2.75) is 25.9 Å². The van der Waals surface area contributed by atoms with Crippen LogP contribution in [0, 0.1) is 17.0 Å². The van der Waals surface area contributed by atoms with Gasteiger partial charge in [0.05, 0.1) is 4.92 Å². The molecule has 0 aliphatic carbocycles. The lowest BCUT2D eigenvalue weighted by Crippen LogP contribution is -2.24. The molecule has 1 heterocycles. The van der Waals surface area contributed by atoms with Gasteiger partial charge in [-0.2, -0.15) is 0 Å². The summed E-state index contributed by atoms with van der Waals surface area (Å²) >= 11 is 0. The molecule has 0 radical (unpaired) electrons. The molecule has 0 saturated carbocycles. The fourth-order valence-corrected chi connectivity index (χ4v) is 2.93. The van der Waals surface area contributed by atoms with Gasteiger partial charge in [-0.15, -0.1) is 0 Å². The van der Waals surface area contributed by atoms with Crippen molar-refractivity contribution < 1.29 is 14.2 Å². The predicted molar refractivity (Wildman–Crippen MR) is 82.8 cm³/mol. The summed E-state index contributed by atoms with van der Waals surface area (Å²) in [6.07, 6.45) is 1.94. The van der Waals surface area contributed by atoms with Gasteiger partial charge in [-0.05, 0) is 32.4 Å². The van der Waals surface area contributed by atoms with E-state index in [4.69, 9.17) is 0 Å². The molecule has 0 fully saturated rings. The second kappa shape index (κ2) is 5.57. The second-order valence-electron chi connectivity index (χ2n) is 5.47. The van der Waals surface area contributed by atoms with Crippen LogP contribution in [0.2, 0.25) is 0 Å². The van der Waals surface area contributed by atoms with Gasteiger partial charge in [0.25, 0.3) is 5.69 Å². The van der Waals surface area contributed by atoms with Crippen molar-refractivity contribution in [3.05, 3.63) is 39.6 Å². The van der Waals surface area contributed by atoms with Crippen LogP contribution in [-0.2, 0) is 16.4 Å². The average molecular weight is 310 g/mol. The van der Waals surface area contributed by atoms with Gasteiger partial charge < -0.3 is 10.1 Å². The summed E-state index contributed by atoms with van der Waals surface area (Å²) in [5.74, 6) is 0.390. The molecule has 6 nitrogen and oxygen atoms in total. The van der Waals surface area contributed by atoms with Crippen LogP contribution in [0.15, 0.2) is 18.2 Å². The Bertz CT molecular complexity index is 721. The lowest BCUT2D eigenvalue weighted by Gasteiger charge is -2.21. The van der Waals surface area contributed by atoms with Crippen molar-refractivity contribution in [2.24, 2.45) is 0 Å². The Morgan fingerprint density at radius 3 is 2.67 bits per heavy atom. The third-order valence-electron chi connectivity index (χ3n) is 3.59. The second-order valence-corrected chi connectivity index (χ2v) is 7.02. The van der Waals surface area contributed by atoms with Gasteiger partial charge >= 0.3 is 0 Å². The number of nitro benzene ring substituents is 1. The molecule has 7 heteroatoms. The van der Waals surface area contributed by atoms with E-state index in [0.717, 1.165) is 5.52 Å². The molecular weight excluding hydrogens is 292 g/mol. The molecule has 21 heavy (non-hydrogen) atoms. The Morgan fingerprint density at radius 2 is 2.10 bits per heavy atom. The van der Waals surface area contributed by atoms with Crippen molar-refractivity contribution in [1.29, 1.82) is 0 Å². The van der Waals surface area contributed by atoms with Gasteiger partial charge in [0.2, 0.25) is 0 Å². The molecule has 2 N–H and O–H groups in total. The van der Waals surface area contributed by atoms with Crippen LogP contribution in [0.3, 0.4) is 0 Å². The maximum absolute atomic E-state index is 11.2. The first-order chi connectivity index (χ1) is 9.70. The zero-order valence-corrected chi connectivity index (χ0v) is 13.0. The third-order valence-corrected chi connectivity index (χ3v) is 4.37. The first-order valence-corrected chi connectivity index (χ1v) is 8.24. The van der Waals surface area contributed by atoms with Crippen LogP contribution in [0.4, 0.5) is 5.69 Å². The number of nitrogens with one attached hydrogen (secondary N) is 1. The third kappa shape index (κ3) is 3.30. The van der Waals surface area contributed by atoms with E-state index in [2.05, 4.69) is 4.98 Å². The van der Waals surface area contributed by atoms with Crippen LogP contribution < -0.4 is 0 Å². The summed E-state index contributed by atoms with van der Waals surface area (Å²) < 4.78 is 11.2. The number of H-pyrrole nitrogens is 1. The molecule has 2 rings (SSSR count). The van der Waals surface area contributed by atoms with E-state index >= 15 is 0 Å². The first-order valence-electron chi connectivity index (χ1n) is 6.51. The Labute approximate surface area is 124 Å². The van der Waals surface area contributed by atoms with Crippen molar-refractivity contribution in [3.8, 4) is 0 Å². The average Bonchev–Trinajstić information content (AvgIpc) is 2.78. The van der Waals surface area contributed by atoms with Crippen LogP contribution in [0.5, 0.6) is 0 Å². The quantitative estimate of drug-likeness (QED) is 0.654. The zero-order valence-electron chi connectivity index (χ0n) is 12.2. The summed E-state index contributed by atoms with van der Waals surface area (Å²) in [5.41, 5.74) is 0.791. The predicted octanol–water partition coefficient (Wildman–Crippen LogP) is 2.36. The normalized spacial score (nSPS) is 15.8. The van der Waals surface area contributed by atoms with E-state index in [1.54, 1.807) is 32.2 Å². The number of rotatable bonds is 5. The highest BCUT2D eigenvalue weighted by Gasteiger charge is 2.26. The first kappa shape index (κ1) is 15.7. The standard InChI is InChI=1S/C14H18N2O4S/c1-9-6-11-10(7-12(9)16(18)19)8-13(15-11)14(2,17)4-5-21(3)20/h6-8,15,17H,4-5H2,1-3H3. The van der Waals surface area contributed by atoms with Crippen molar-refractivity contribution >= 4 is 27.4 Å². The summed E-state index contributed by atoms with van der Waals surface area (Å²) in [7, 11) is -0.980. The van der Waals surface area contributed by atoms with E-state index in [1.165, 1.54) is 6.07 Å². The summed E-state index contributed by atoms with van der Waals surface area (Å²) in [5, 5.41) is 22.1. The molecule has 0 bridgehead atoms. The maximum atomic E-state index is 11.2. The summed E-state index contributed by atoms with van der Waals surface area (Å²) in [6, 6.07) is 4.91. The monoisotopic (exact) mass is 310 g/mol. The molecule has 114 valence electrons. The Morgan fingerprint density at radius 1 is 1.43 bits per heavy atom. The Balaban J connectivity index is 2.43. The highest BCUT2D eigenvalue weighted by atomic mass is 32.2. The number of aromatic nitrogens is 1. The number of benzene rings is 1. The number of hydrogen-bond donors (Lipinski definition) is 2. The van der Waals surface area contributed by atoms with Gasteiger partial charge in [0.1, 0.15) is 5.60 Å². The molecular formula is C14H18N2O4S. The van der Waals surface area contributed by atoms with Gasteiger partial charge in [-0.1, -0.05) is 0 Å². The largest absolute Gasteiger partial charge is 0.384 e. The van der Waals surface area contributed by atoms with E-state index in [1.807, 2.05) is 0 Å². The minimum Gasteiger partial charge on any atom is -0.384 e. The number of nitro groups is 1. The highest BCUT2D eigenvalue weighted by molar-refractivity contribution is 7.84. The maximum Gasteiger partial charge on any atom is 0.273 e. The number of aryl methyl sites for hydroxylation is 1. The molecule has 0 spiro atoms. The summed E-state index contributed by atoms with van der Waals surface area (Å²) in [4.78, 5) is 13.6. The van der Waals surface area contributed by atoms with E-state index < -0.39 is 21.3 Å². The molecule has 1 aromatic carbocycles. The molecule has 2 aromatic rings. The Kier molecular flexibility index (Phi) is 4.15. The number of aliphatic hydroxyl groups is 1. The molecule has 0 amide bonds. The molecule has 2 atom stereocenters. The van der Waals surface area contributed by atoms with Crippen LogP contribution in [-0.4, -0.2) is 31.2 Å². The molecule has 1 aromatic heterocycles. The fourth-order valence-electron chi connectivity index (χ4n) is 2.24. The molecule has 0 aliphatic heterocycles. The van der Waals surface area contributed by atoms with Gasteiger partial charge in [-0.25, -0.2) is 0 Å². The lowest BCUT2D eigenvalue weighted by atomic mass is 9.99. The highest BCUT2D eigenvalue weighted by Crippen LogP contribution is 2.31.